The zero-order valence-corrected chi connectivity index (χ0v) is 8.67. The molecule has 1 heterocycles. The van der Waals surface area contributed by atoms with Crippen LogP contribution in [0.15, 0.2) is 0 Å². The maximum absolute atomic E-state index is 9.79. The van der Waals surface area contributed by atoms with Gasteiger partial charge in [-0.2, -0.15) is 15.0 Å². The van der Waals surface area contributed by atoms with E-state index < -0.39 is 6.03 Å². The number of hydrogen-bond acceptors (Lipinski definition) is 8. The number of ether oxygens (including phenoxy) is 1. The van der Waals surface area contributed by atoms with Gasteiger partial charge >= 0.3 is 6.03 Å². The third-order valence-electron chi connectivity index (χ3n) is 1.08. The molecule has 1 aromatic rings. The van der Waals surface area contributed by atoms with Gasteiger partial charge in [-0.3, -0.25) is 0 Å². The van der Waals surface area contributed by atoms with Crippen molar-refractivity contribution in [3.05, 3.63) is 0 Å². The molecule has 0 saturated carbocycles. The van der Waals surface area contributed by atoms with Gasteiger partial charge in [0.2, 0.25) is 17.8 Å². The lowest BCUT2D eigenvalue weighted by molar-refractivity contribution is 0.175. The normalized spacial score (nSPS) is 8.81. The Bertz CT molecular complexity index is 293. The van der Waals surface area contributed by atoms with E-state index in [0.29, 0.717) is 0 Å². The van der Waals surface area contributed by atoms with Gasteiger partial charge in [0.25, 0.3) is 0 Å². The summed E-state index contributed by atoms with van der Waals surface area (Å²) in [5, 5.41) is 2.21. The summed E-state index contributed by atoms with van der Waals surface area (Å²) in [5.41, 5.74) is 20.1. The van der Waals surface area contributed by atoms with E-state index in [2.05, 4.69) is 30.7 Å². The standard InChI is InChI=1S/C3H6N6.C3H8N2O2/c4-1-7-2(5)9-3(6)8-1;1-7-2-5-3(4)6/h(H6,4,5,6,7,8,9);2H2,1H3,(H3,4,5,6). The summed E-state index contributed by atoms with van der Waals surface area (Å²) in [5.74, 6) is 0.125. The molecular weight excluding hydrogens is 216 g/mol. The molecule has 0 saturated heterocycles. The Morgan fingerprint density at radius 2 is 1.56 bits per heavy atom. The van der Waals surface area contributed by atoms with Crippen LogP contribution in [0.3, 0.4) is 0 Å². The predicted molar refractivity (Wildman–Crippen MR) is 57.7 cm³/mol. The first kappa shape index (κ1) is 13.6. The highest BCUT2D eigenvalue weighted by atomic mass is 16.5. The molecule has 16 heavy (non-hydrogen) atoms. The molecule has 0 atom stereocenters. The van der Waals surface area contributed by atoms with Crippen LogP contribution >= 0.6 is 0 Å². The van der Waals surface area contributed by atoms with E-state index in [0.717, 1.165) is 0 Å². The first-order valence-corrected chi connectivity index (χ1v) is 4.00. The van der Waals surface area contributed by atoms with E-state index in [4.69, 9.17) is 17.2 Å². The molecule has 90 valence electrons. The van der Waals surface area contributed by atoms with E-state index in [-0.39, 0.29) is 24.6 Å². The zero-order chi connectivity index (χ0) is 12.6. The van der Waals surface area contributed by atoms with Gasteiger partial charge in [0.15, 0.2) is 0 Å². The second-order valence-corrected chi connectivity index (χ2v) is 2.38. The maximum Gasteiger partial charge on any atom is 0.313 e. The van der Waals surface area contributed by atoms with Crippen LogP contribution in [0.5, 0.6) is 0 Å². The van der Waals surface area contributed by atoms with Crippen molar-refractivity contribution in [3.63, 3.8) is 0 Å². The molecule has 0 aliphatic heterocycles. The number of nitrogens with one attached hydrogen (secondary N) is 1. The van der Waals surface area contributed by atoms with E-state index in [1.165, 1.54) is 7.11 Å². The van der Waals surface area contributed by atoms with Crippen molar-refractivity contribution < 1.29 is 9.53 Å². The van der Waals surface area contributed by atoms with Crippen molar-refractivity contribution in [2.24, 2.45) is 5.73 Å². The quantitative estimate of drug-likeness (QED) is 0.357. The number of carbonyl (C=O) groups excluding carboxylic acids is 1. The van der Waals surface area contributed by atoms with Crippen LogP contribution in [0.1, 0.15) is 0 Å². The molecule has 0 spiro atoms. The third-order valence-corrected chi connectivity index (χ3v) is 1.08. The summed E-state index contributed by atoms with van der Waals surface area (Å²) in [7, 11) is 1.47. The third kappa shape index (κ3) is 7.08. The fourth-order valence-electron chi connectivity index (χ4n) is 0.570. The van der Waals surface area contributed by atoms with Crippen LogP contribution < -0.4 is 28.3 Å². The molecule has 10 nitrogen and oxygen atoms in total. The highest BCUT2D eigenvalue weighted by Gasteiger charge is 1.93. The number of amides is 2. The number of anilines is 3. The number of rotatable bonds is 2. The topological polar surface area (TPSA) is 181 Å². The van der Waals surface area contributed by atoms with Gasteiger partial charge in [-0.15, -0.1) is 0 Å². The molecule has 0 unspecified atom stereocenters. The Kier molecular flexibility index (Phi) is 5.97. The first-order chi connectivity index (χ1) is 7.45. The zero-order valence-electron chi connectivity index (χ0n) is 8.67. The van der Waals surface area contributed by atoms with Crippen LogP contribution in [0, 0.1) is 0 Å². The number of urea groups is 1. The van der Waals surface area contributed by atoms with Gasteiger partial charge in [-0.1, -0.05) is 0 Å². The van der Waals surface area contributed by atoms with Crippen LogP contribution in [0.25, 0.3) is 0 Å². The van der Waals surface area contributed by atoms with Crippen molar-refractivity contribution in [1.29, 1.82) is 0 Å². The SMILES string of the molecule is COCNC(N)=O.Nc1nc(N)nc(N)n1. The molecule has 1 rings (SSSR count). The molecule has 0 fully saturated rings. The van der Waals surface area contributed by atoms with E-state index in [1.54, 1.807) is 0 Å². The van der Waals surface area contributed by atoms with E-state index in [9.17, 15) is 4.79 Å². The summed E-state index contributed by atoms with van der Waals surface area (Å²) < 4.78 is 4.44. The molecular formula is C6H14N8O2. The van der Waals surface area contributed by atoms with Crippen molar-refractivity contribution in [3.8, 4) is 0 Å². The van der Waals surface area contributed by atoms with Gasteiger partial charge in [-0.05, 0) is 0 Å². The number of nitrogen functional groups attached to an aromatic ring is 3. The molecule has 9 N–H and O–H groups in total. The fourth-order valence-corrected chi connectivity index (χ4v) is 0.570. The molecule has 0 bridgehead atoms. The molecule has 0 aliphatic carbocycles. The van der Waals surface area contributed by atoms with Crippen molar-refractivity contribution in [2.75, 3.05) is 31.0 Å². The fraction of sp³-hybridized carbons (Fsp3) is 0.333. The maximum atomic E-state index is 9.79. The number of methoxy groups -OCH3 is 1. The average Bonchev–Trinajstić information content (AvgIpc) is 2.13. The van der Waals surface area contributed by atoms with Gasteiger partial charge in [0, 0.05) is 7.11 Å². The van der Waals surface area contributed by atoms with Crippen molar-refractivity contribution >= 4 is 23.9 Å². The second kappa shape index (κ2) is 7.00. The monoisotopic (exact) mass is 230 g/mol. The first-order valence-electron chi connectivity index (χ1n) is 4.00. The van der Waals surface area contributed by atoms with Gasteiger partial charge < -0.3 is 33.0 Å². The van der Waals surface area contributed by atoms with Crippen LogP contribution in [0.4, 0.5) is 22.6 Å². The lowest BCUT2D eigenvalue weighted by Gasteiger charge is -1.94. The van der Waals surface area contributed by atoms with E-state index in [1.807, 2.05) is 0 Å². The minimum atomic E-state index is -0.568. The Hall–Kier alpha value is -2.36. The number of hydrogen-bond donors (Lipinski definition) is 5. The summed E-state index contributed by atoms with van der Waals surface area (Å²) in [6, 6.07) is -0.568. The van der Waals surface area contributed by atoms with Gasteiger partial charge in [0.1, 0.15) is 6.73 Å². The molecule has 0 aromatic carbocycles. The minimum absolute atomic E-state index is 0.0417. The Morgan fingerprint density at radius 3 is 1.75 bits per heavy atom. The number of nitrogens with zero attached hydrogens (tertiary/aromatic N) is 3. The molecule has 1 aromatic heterocycles. The highest BCUT2D eigenvalue weighted by Crippen LogP contribution is 1.97. The predicted octanol–water partition coefficient (Wildman–Crippen LogP) is -2.12. The van der Waals surface area contributed by atoms with Crippen LogP contribution in [-0.4, -0.2) is 34.8 Å². The number of aromatic nitrogens is 3. The largest absolute Gasteiger partial charge is 0.368 e. The van der Waals surface area contributed by atoms with Crippen molar-refractivity contribution in [2.45, 2.75) is 0 Å². The Balaban J connectivity index is 0.000000293. The summed E-state index contributed by atoms with van der Waals surface area (Å²) in [6.45, 7) is 0.176. The van der Waals surface area contributed by atoms with Crippen LogP contribution in [0.2, 0.25) is 0 Å². The van der Waals surface area contributed by atoms with Gasteiger partial charge in [-0.25, -0.2) is 4.79 Å². The second-order valence-electron chi connectivity index (χ2n) is 2.38. The van der Waals surface area contributed by atoms with Crippen LogP contribution in [-0.2, 0) is 4.74 Å². The van der Waals surface area contributed by atoms with Crippen molar-refractivity contribution in [1.82, 2.24) is 20.3 Å². The Labute approximate surface area is 91.4 Å². The lowest BCUT2D eigenvalue weighted by atomic mass is 10.9. The summed E-state index contributed by atoms with van der Waals surface area (Å²) >= 11 is 0. The smallest absolute Gasteiger partial charge is 0.313 e. The van der Waals surface area contributed by atoms with Gasteiger partial charge in [0.05, 0.1) is 0 Å². The molecule has 10 heteroatoms. The highest BCUT2D eigenvalue weighted by molar-refractivity contribution is 5.71. The molecule has 0 radical (unpaired) electrons. The van der Waals surface area contributed by atoms with E-state index >= 15 is 0 Å². The molecule has 0 aliphatic rings. The summed E-state index contributed by atoms with van der Waals surface area (Å²) in [4.78, 5) is 20.3. The minimum Gasteiger partial charge on any atom is -0.368 e. The Morgan fingerprint density at radius 1 is 1.19 bits per heavy atom. The molecule has 2 amide bonds. The average molecular weight is 230 g/mol. The number of carbonyl (C=O) groups is 1. The summed E-state index contributed by atoms with van der Waals surface area (Å²) in [6.07, 6.45) is 0. The number of nitrogens with two attached hydrogens (primary N) is 4. The lowest BCUT2D eigenvalue weighted by Crippen LogP contribution is -2.30. The number of primary amides is 1.